The van der Waals surface area contributed by atoms with Crippen LogP contribution in [0.5, 0.6) is 11.5 Å². The monoisotopic (exact) mass is 263 g/mol. The molecule has 0 saturated carbocycles. The van der Waals surface area contributed by atoms with Crippen LogP contribution in [0.15, 0.2) is 18.2 Å². The summed E-state index contributed by atoms with van der Waals surface area (Å²) in [5.41, 5.74) is 0.415. The maximum atomic E-state index is 11.8. The predicted molar refractivity (Wildman–Crippen MR) is 69.7 cm³/mol. The number of methoxy groups -OCH3 is 1. The molecule has 0 aliphatic carbocycles. The van der Waals surface area contributed by atoms with Crippen molar-refractivity contribution in [2.24, 2.45) is 0 Å². The number of carbonyl (C=O) groups is 2. The molecule has 1 aromatic carbocycles. The van der Waals surface area contributed by atoms with Crippen LogP contribution < -0.4 is 14.8 Å². The molecule has 5 nitrogen and oxygen atoms in total. The van der Waals surface area contributed by atoms with Gasteiger partial charge in [-0.3, -0.25) is 9.59 Å². The lowest BCUT2D eigenvalue weighted by Gasteiger charge is -2.17. The van der Waals surface area contributed by atoms with E-state index in [1.54, 1.807) is 18.2 Å². The summed E-state index contributed by atoms with van der Waals surface area (Å²) in [7, 11) is 1.54. The highest BCUT2D eigenvalue weighted by atomic mass is 16.5. The van der Waals surface area contributed by atoms with Gasteiger partial charge in [0.05, 0.1) is 12.7 Å². The minimum absolute atomic E-state index is 0.128. The van der Waals surface area contributed by atoms with Crippen LogP contribution >= 0.6 is 0 Å². The molecule has 1 aliphatic rings. The third-order valence-corrected chi connectivity index (χ3v) is 3.10. The van der Waals surface area contributed by atoms with Crippen molar-refractivity contribution < 1.29 is 19.1 Å². The lowest BCUT2D eigenvalue weighted by Crippen LogP contribution is -2.36. The Labute approximate surface area is 111 Å². The number of ether oxygens (including phenoxy) is 2. The van der Waals surface area contributed by atoms with Crippen LogP contribution in [-0.2, 0) is 4.79 Å². The summed E-state index contributed by atoms with van der Waals surface area (Å²) in [6.45, 7) is 0.678. The zero-order valence-electron chi connectivity index (χ0n) is 10.8. The maximum absolute atomic E-state index is 11.8. The standard InChI is InChI=1S/C14H17NO4/c1-18-11-6-5-10(9-16)13(8-11)19-12-4-2-3-7-15-14(12)17/h5-6,8-9,12H,2-4,7H2,1H3,(H,15,17). The molecule has 1 aliphatic heterocycles. The number of carbonyl (C=O) groups excluding carboxylic acids is 2. The molecular weight excluding hydrogens is 246 g/mol. The molecule has 2 rings (SSSR count). The highest BCUT2D eigenvalue weighted by Crippen LogP contribution is 2.25. The number of benzene rings is 1. The Morgan fingerprint density at radius 2 is 2.21 bits per heavy atom. The highest BCUT2D eigenvalue weighted by molar-refractivity contribution is 5.83. The maximum Gasteiger partial charge on any atom is 0.261 e. The fourth-order valence-electron chi connectivity index (χ4n) is 2.02. The lowest BCUT2D eigenvalue weighted by molar-refractivity contribution is -0.127. The molecule has 1 N–H and O–H groups in total. The average Bonchev–Trinajstić information content (AvgIpc) is 2.64. The Kier molecular flexibility index (Phi) is 4.39. The summed E-state index contributed by atoms with van der Waals surface area (Å²) >= 11 is 0. The fraction of sp³-hybridized carbons (Fsp3) is 0.429. The van der Waals surface area contributed by atoms with E-state index < -0.39 is 6.10 Å². The van der Waals surface area contributed by atoms with E-state index in [1.807, 2.05) is 0 Å². The molecular formula is C14H17NO4. The fourth-order valence-corrected chi connectivity index (χ4v) is 2.02. The number of rotatable bonds is 4. The van der Waals surface area contributed by atoms with E-state index in [9.17, 15) is 9.59 Å². The van der Waals surface area contributed by atoms with Crippen LogP contribution in [-0.4, -0.2) is 32.0 Å². The minimum atomic E-state index is -0.548. The number of hydrogen-bond acceptors (Lipinski definition) is 4. The normalized spacial score (nSPS) is 19.2. The Morgan fingerprint density at radius 1 is 1.37 bits per heavy atom. The van der Waals surface area contributed by atoms with Gasteiger partial charge < -0.3 is 14.8 Å². The van der Waals surface area contributed by atoms with Gasteiger partial charge in [-0.1, -0.05) is 0 Å². The minimum Gasteiger partial charge on any atom is -0.497 e. The molecule has 1 heterocycles. The smallest absolute Gasteiger partial charge is 0.261 e. The number of amides is 1. The first-order valence-corrected chi connectivity index (χ1v) is 6.32. The van der Waals surface area contributed by atoms with E-state index in [0.29, 0.717) is 36.3 Å². The van der Waals surface area contributed by atoms with Crippen LogP contribution in [0.4, 0.5) is 0 Å². The summed E-state index contributed by atoms with van der Waals surface area (Å²) in [6, 6.07) is 4.93. The molecule has 19 heavy (non-hydrogen) atoms. The van der Waals surface area contributed by atoms with E-state index in [4.69, 9.17) is 9.47 Å². The third-order valence-electron chi connectivity index (χ3n) is 3.10. The number of nitrogens with one attached hydrogen (secondary N) is 1. The second-order valence-corrected chi connectivity index (χ2v) is 4.41. The summed E-state index contributed by atoms with van der Waals surface area (Å²) in [5, 5.41) is 2.80. The zero-order valence-corrected chi connectivity index (χ0v) is 10.8. The molecule has 1 amide bonds. The molecule has 5 heteroatoms. The summed E-state index contributed by atoms with van der Waals surface area (Å²) in [6.07, 6.45) is 2.69. The van der Waals surface area contributed by atoms with Crippen molar-refractivity contribution in [1.29, 1.82) is 0 Å². The van der Waals surface area contributed by atoms with Gasteiger partial charge in [-0.15, -0.1) is 0 Å². The lowest BCUT2D eigenvalue weighted by atomic mass is 10.1. The van der Waals surface area contributed by atoms with E-state index >= 15 is 0 Å². The molecule has 1 fully saturated rings. The number of aldehydes is 1. The van der Waals surface area contributed by atoms with Gasteiger partial charge in [0.1, 0.15) is 11.5 Å². The van der Waals surface area contributed by atoms with Gasteiger partial charge in [-0.25, -0.2) is 0 Å². The van der Waals surface area contributed by atoms with Gasteiger partial charge in [0.25, 0.3) is 5.91 Å². The Morgan fingerprint density at radius 3 is 2.95 bits per heavy atom. The van der Waals surface area contributed by atoms with Crippen LogP contribution in [0.3, 0.4) is 0 Å². The summed E-state index contributed by atoms with van der Waals surface area (Å²) in [4.78, 5) is 22.8. The molecule has 0 aromatic heterocycles. The van der Waals surface area contributed by atoms with Gasteiger partial charge in [-0.2, -0.15) is 0 Å². The molecule has 1 unspecified atom stereocenters. The van der Waals surface area contributed by atoms with Crippen molar-refractivity contribution in [2.75, 3.05) is 13.7 Å². The van der Waals surface area contributed by atoms with Crippen LogP contribution in [0.25, 0.3) is 0 Å². The first-order chi connectivity index (χ1) is 9.24. The SMILES string of the molecule is COc1ccc(C=O)c(OC2CCCCNC2=O)c1. The van der Waals surface area contributed by atoms with Gasteiger partial charge in [0, 0.05) is 12.6 Å². The van der Waals surface area contributed by atoms with Crippen molar-refractivity contribution in [3.05, 3.63) is 23.8 Å². The highest BCUT2D eigenvalue weighted by Gasteiger charge is 2.23. The molecule has 0 spiro atoms. The van der Waals surface area contributed by atoms with Gasteiger partial charge >= 0.3 is 0 Å². The van der Waals surface area contributed by atoms with Gasteiger partial charge in [-0.05, 0) is 31.4 Å². The van der Waals surface area contributed by atoms with Gasteiger partial charge in [0.2, 0.25) is 0 Å². The molecule has 0 radical (unpaired) electrons. The summed E-state index contributed by atoms with van der Waals surface area (Å²) in [5.74, 6) is 0.850. The average molecular weight is 263 g/mol. The van der Waals surface area contributed by atoms with Crippen LogP contribution in [0.2, 0.25) is 0 Å². The molecule has 1 atom stereocenters. The molecule has 1 aromatic rings. The first-order valence-electron chi connectivity index (χ1n) is 6.32. The van der Waals surface area contributed by atoms with Crippen LogP contribution in [0.1, 0.15) is 29.6 Å². The largest absolute Gasteiger partial charge is 0.497 e. The van der Waals surface area contributed by atoms with E-state index in [1.165, 1.54) is 7.11 Å². The Balaban J connectivity index is 2.20. The van der Waals surface area contributed by atoms with Crippen LogP contribution in [0, 0.1) is 0 Å². The first kappa shape index (κ1) is 13.4. The Bertz CT molecular complexity index is 473. The quantitative estimate of drug-likeness (QED) is 0.837. The molecule has 0 bridgehead atoms. The van der Waals surface area contributed by atoms with Crippen molar-refractivity contribution >= 4 is 12.2 Å². The van der Waals surface area contributed by atoms with Crippen molar-refractivity contribution in [2.45, 2.75) is 25.4 Å². The topological polar surface area (TPSA) is 64.6 Å². The van der Waals surface area contributed by atoms with Gasteiger partial charge in [0.15, 0.2) is 12.4 Å². The van der Waals surface area contributed by atoms with Crippen molar-refractivity contribution in [3.8, 4) is 11.5 Å². The second kappa shape index (κ2) is 6.22. The Hall–Kier alpha value is -2.04. The van der Waals surface area contributed by atoms with Crippen molar-refractivity contribution in [3.63, 3.8) is 0 Å². The van der Waals surface area contributed by atoms with E-state index in [0.717, 1.165) is 12.8 Å². The second-order valence-electron chi connectivity index (χ2n) is 4.41. The zero-order chi connectivity index (χ0) is 13.7. The number of hydrogen-bond donors (Lipinski definition) is 1. The molecule has 1 saturated heterocycles. The van der Waals surface area contributed by atoms with E-state index in [2.05, 4.69) is 5.32 Å². The van der Waals surface area contributed by atoms with Crippen molar-refractivity contribution in [1.82, 2.24) is 5.32 Å². The summed E-state index contributed by atoms with van der Waals surface area (Å²) < 4.78 is 10.8. The predicted octanol–water partition coefficient (Wildman–Crippen LogP) is 1.56. The molecule has 102 valence electrons. The van der Waals surface area contributed by atoms with E-state index in [-0.39, 0.29) is 5.91 Å². The third kappa shape index (κ3) is 3.24.